The minimum atomic E-state index is -4.68. The van der Waals surface area contributed by atoms with Crippen molar-refractivity contribution in [1.29, 1.82) is 0 Å². The average Bonchev–Trinajstić information content (AvgIpc) is 2.88. The molecule has 1 aromatic rings. The summed E-state index contributed by atoms with van der Waals surface area (Å²) in [5.74, 6) is -2.22. The van der Waals surface area contributed by atoms with Crippen molar-refractivity contribution in [2.75, 3.05) is 0 Å². The second-order valence-corrected chi connectivity index (χ2v) is 9.22. The first kappa shape index (κ1) is 21.7. The Kier molecular flexibility index (Phi) is 5.05. The number of pyridine rings is 1. The molecule has 0 aliphatic heterocycles. The molecule has 1 saturated carbocycles. The van der Waals surface area contributed by atoms with Crippen molar-refractivity contribution in [3.05, 3.63) is 35.5 Å². The second kappa shape index (κ2) is 6.76. The number of fused-ring (bicyclic) bond motifs is 1. The monoisotopic (exact) mass is 436 g/mol. The van der Waals surface area contributed by atoms with E-state index in [2.05, 4.69) is 9.71 Å². The lowest BCUT2D eigenvalue weighted by atomic mass is 9.69. The van der Waals surface area contributed by atoms with Crippen LogP contribution in [0.2, 0.25) is 0 Å². The van der Waals surface area contributed by atoms with Crippen LogP contribution in [0.5, 0.6) is 0 Å². The van der Waals surface area contributed by atoms with Crippen LogP contribution in [0.1, 0.15) is 31.7 Å². The predicted molar refractivity (Wildman–Crippen MR) is 92.0 cm³/mol. The smallest absolute Gasteiger partial charge is 0.417 e. The van der Waals surface area contributed by atoms with Gasteiger partial charge in [-0.2, -0.15) is 13.2 Å². The van der Waals surface area contributed by atoms with Gasteiger partial charge in [-0.1, -0.05) is 6.08 Å². The van der Waals surface area contributed by atoms with Crippen LogP contribution in [0.25, 0.3) is 0 Å². The lowest BCUT2D eigenvalue weighted by molar-refractivity contribution is -0.140. The minimum Gasteiger partial charge on any atom is -0.478 e. The number of nitrogens with one attached hydrogen (secondary N) is 1. The Balaban J connectivity index is 1.95. The molecule has 0 bridgehead atoms. The van der Waals surface area contributed by atoms with Gasteiger partial charge < -0.3 is 15.3 Å². The number of carbonyl (C=O) groups is 1. The van der Waals surface area contributed by atoms with Gasteiger partial charge in [-0.15, -0.1) is 0 Å². The number of alkyl halides is 3. The maximum absolute atomic E-state index is 12.6. The number of aromatic nitrogens is 1. The molecule has 0 saturated heterocycles. The molecule has 160 valence electrons. The SMILES string of the molecule is C[C@]1(NS(=O)(=O)c2ccc(C(F)(F)F)cn2)C=C(C(=O)O)[C@@]2(O)[C@H](CC[C@H]2O)C1. The molecule has 4 atom stereocenters. The number of aliphatic hydroxyl groups is 2. The molecule has 29 heavy (non-hydrogen) atoms. The number of carboxylic acid groups (broad SMARTS) is 1. The Labute approximate surface area is 164 Å². The van der Waals surface area contributed by atoms with Crippen molar-refractivity contribution < 1.29 is 41.7 Å². The van der Waals surface area contributed by atoms with Crippen molar-refractivity contribution in [1.82, 2.24) is 9.71 Å². The molecule has 1 aromatic heterocycles. The van der Waals surface area contributed by atoms with Gasteiger partial charge in [-0.3, -0.25) is 0 Å². The Hall–Kier alpha value is -2.02. The third kappa shape index (κ3) is 3.77. The topological polar surface area (TPSA) is 137 Å². The Morgan fingerprint density at radius 3 is 2.48 bits per heavy atom. The number of hydrogen-bond acceptors (Lipinski definition) is 6. The molecular formula is C17H19F3N2O6S. The molecule has 1 fully saturated rings. The molecule has 12 heteroatoms. The lowest BCUT2D eigenvalue weighted by Crippen LogP contribution is -2.57. The third-order valence-corrected chi connectivity index (χ3v) is 6.95. The standard InChI is InChI=1S/C17H19F3N2O6S/c1-15(6-9-2-4-12(23)16(9,26)11(7-15)14(24)25)22-29(27,28)13-5-3-10(8-21-13)17(18,19)20/h3,5,7-9,12,22-23,26H,2,4,6H2,1H3,(H,24,25)/t9-,12-,15-,16+/m1/s1. The summed E-state index contributed by atoms with van der Waals surface area (Å²) in [4.78, 5) is 15.0. The Morgan fingerprint density at radius 1 is 1.31 bits per heavy atom. The van der Waals surface area contributed by atoms with E-state index in [4.69, 9.17) is 0 Å². The van der Waals surface area contributed by atoms with E-state index < -0.39 is 61.5 Å². The molecular weight excluding hydrogens is 417 g/mol. The first-order valence-electron chi connectivity index (χ1n) is 8.63. The Bertz CT molecular complexity index is 962. The van der Waals surface area contributed by atoms with E-state index in [0.29, 0.717) is 18.3 Å². The van der Waals surface area contributed by atoms with Crippen molar-refractivity contribution in [3.8, 4) is 0 Å². The summed E-state index contributed by atoms with van der Waals surface area (Å²) in [5.41, 5.74) is -5.09. The van der Waals surface area contributed by atoms with Crippen molar-refractivity contribution in [2.45, 2.75) is 54.6 Å². The highest BCUT2D eigenvalue weighted by Gasteiger charge is 2.58. The zero-order valence-electron chi connectivity index (χ0n) is 15.1. The highest BCUT2D eigenvalue weighted by molar-refractivity contribution is 7.89. The molecule has 2 aliphatic carbocycles. The van der Waals surface area contributed by atoms with Crippen molar-refractivity contribution >= 4 is 16.0 Å². The summed E-state index contributed by atoms with van der Waals surface area (Å²) >= 11 is 0. The van der Waals surface area contributed by atoms with Crippen molar-refractivity contribution in [3.63, 3.8) is 0 Å². The van der Waals surface area contributed by atoms with Crippen LogP contribution in [0.3, 0.4) is 0 Å². The largest absolute Gasteiger partial charge is 0.478 e. The van der Waals surface area contributed by atoms with Gasteiger partial charge in [0, 0.05) is 11.7 Å². The molecule has 0 aromatic carbocycles. The van der Waals surface area contributed by atoms with Crippen LogP contribution in [0, 0.1) is 5.92 Å². The molecule has 0 amide bonds. The van der Waals surface area contributed by atoms with Gasteiger partial charge in [0.1, 0.15) is 5.60 Å². The summed E-state index contributed by atoms with van der Waals surface area (Å²) in [7, 11) is -4.40. The van der Waals surface area contributed by atoms with Gasteiger partial charge in [-0.05, 0) is 44.2 Å². The summed E-state index contributed by atoms with van der Waals surface area (Å²) in [6.45, 7) is 1.39. The van der Waals surface area contributed by atoms with E-state index in [1.807, 2.05) is 0 Å². The molecule has 0 radical (unpaired) electrons. The number of nitrogens with zero attached hydrogens (tertiary/aromatic N) is 1. The first-order valence-corrected chi connectivity index (χ1v) is 10.1. The fraction of sp³-hybridized carbons (Fsp3) is 0.529. The number of hydrogen-bond donors (Lipinski definition) is 4. The molecule has 3 rings (SSSR count). The average molecular weight is 436 g/mol. The molecule has 0 unspecified atom stereocenters. The van der Waals surface area contributed by atoms with Crippen molar-refractivity contribution in [2.24, 2.45) is 5.92 Å². The number of halogens is 3. The van der Waals surface area contributed by atoms with E-state index in [0.717, 1.165) is 6.08 Å². The van der Waals surface area contributed by atoms with Crippen LogP contribution < -0.4 is 4.72 Å². The van der Waals surface area contributed by atoms with Crippen LogP contribution in [0.15, 0.2) is 35.0 Å². The van der Waals surface area contributed by atoms with Gasteiger partial charge in [0.2, 0.25) is 0 Å². The Morgan fingerprint density at radius 2 is 1.97 bits per heavy atom. The minimum absolute atomic E-state index is 0.0167. The molecule has 8 nitrogen and oxygen atoms in total. The quantitative estimate of drug-likeness (QED) is 0.554. The zero-order valence-corrected chi connectivity index (χ0v) is 16.0. The molecule has 1 heterocycles. The fourth-order valence-corrected chi connectivity index (χ4v) is 5.40. The maximum Gasteiger partial charge on any atom is 0.417 e. The van der Waals surface area contributed by atoms with E-state index in [1.165, 1.54) is 6.92 Å². The molecule has 4 N–H and O–H groups in total. The van der Waals surface area contributed by atoms with Crippen LogP contribution >= 0.6 is 0 Å². The van der Waals surface area contributed by atoms with E-state index in [-0.39, 0.29) is 19.3 Å². The van der Waals surface area contributed by atoms with Gasteiger partial charge in [-0.25, -0.2) is 22.9 Å². The van der Waals surface area contributed by atoms with E-state index in [1.54, 1.807) is 0 Å². The third-order valence-electron chi connectivity index (χ3n) is 5.42. The second-order valence-electron chi connectivity index (χ2n) is 7.59. The molecule has 2 aliphatic rings. The van der Waals surface area contributed by atoms with Crippen LogP contribution in [-0.2, 0) is 21.0 Å². The first-order chi connectivity index (χ1) is 13.2. The number of carboxylic acids is 1. The highest BCUT2D eigenvalue weighted by atomic mass is 32.2. The molecule has 0 spiro atoms. The van der Waals surface area contributed by atoms with E-state index in [9.17, 15) is 41.7 Å². The zero-order chi connectivity index (χ0) is 21.8. The van der Waals surface area contributed by atoms with Gasteiger partial charge in [0.25, 0.3) is 10.0 Å². The number of aliphatic hydroxyl groups excluding tert-OH is 1. The normalized spacial score (nSPS) is 32.6. The van der Waals surface area contributed by atoms with Crippen LogP contribution in [-0.4, -0.2) is 51.9 Å². The maximum atomic E-state index is 12.6. The summed E-state index contributed by atoms with van der Waals surface area (Å²) < 4.78 is 65.5. The summed E-state index contributed by atoms with van der Waals surface area (Å²) in [6.07, 6.45) is -4.15. The lowest BCUT2D eigenvalue weighted by Gasteiger charge is -2.43. The van der Waals surface area contributed by atoms with Gasteiger partial charge in [0.05, 0.1) is 17.2 Å². The predicted octanol–water partition coefficient (Wildman–Crippen LogP) is 1.05. The summed E-state index contributed by atoms with van der Waals surface area (Å²) in [5, 5.41) is 29.7. The number of rotatable bonds is 4. The van der Waals surface area contributed by atoms with Gasteiger partial charge >= 0.3 is 12.1 Å². The highest BCUT2D eigenvalue weighted by Crippen LogP contribution is 2.49. The number of aliphatic carboxylic acids is 1. The van der Waals surface area contributed by atoms with Crippen LogP contribution in [0.4, 0.5) is 13.2 Å². The number of sulfonamides is 1. The van der Waals surface area contributed by atoms with Gasteiger partial charge in [0.15, 0.2) is 5.03 Å². The fourth-order valence-electron chi connectivity index (χ4n) is 4.10. The summed E-state index contributed by atoms with van der Waals surface area (Å²) in [6, 6.07) is 1.28. The van der Waals surface area contributed by atoms with E-state index >= 15 is 0 Å².